The maximum absolute atomic E-state index is 12.0. The van der Waals surface area contributed by atoms with E-state index in [4.69, 9.17) is 4.74 Å². The highest BCUT2D eigenvalue weighted by Crippen LogP contribution is 2.21. The number of hydrogen-bond donors (Lipinski definition) is 1. The van der Waals surface area contributed by atoms with Gasteiger partial charge in [0.2, 0.25) is 0 Å². The minimum Gasteiger partial charge on any atom is -0.491 e. The third-order valence-electron chi connectivity index (χ3n) is 2.38. The Hall–Kier alpha value is -1.30. The molecule has 1 heterocycles. The van der Waals surface area contributed by atoms with Crippen molar-refractivity contribution in [3.8, 4) is 5.75 Å². The van der Waals surface area contributed by atoms with Crippen LogP contribution in [0.4, 0.5) is 13.2 Å². The molecule has 108 valence electrons. The highest BCUT2D eigenvalue weighted by molar-refractivity contribution is 5.29. The first kappa shape index (κ1) is 15.8. The number of alkyl halides is 3. The zero-order valence-electron chi connectivity index (χ0n) is 11.1. The first-order valence-corrected chi connectivity index (χ1v) is 6.21. The molecule has 0 atom stereocenters. The molecule has 1 rings (SSSR count). The van der Waals surface area contributed by atoms with E-state index in [1.54, 1.807) is 12.3 Å². The van der Waals surface area contributed by atoms with E-state index in [1.165, 1.54) is 6.20 Å². The second kappa shape index (κ2) is 7.33. The molecule has 0 saturated heterocycles. The van der Waals surface area contributed by atoms with Gasteiger partial charge in [-0.3, -0.25) is 4.98 Å². The average molecular weight is 276 g/mol. The van der Waals surface area contributed by atoms with Gasteiger partial charge in [0.25, 0.3) is 0 Å². The van der Waals surface area contributed by atoms with E-state index < -0.39 is 12.6 Å². The molecule has 0 aliphatic heterocycles. The third-order valence-corrected chi connectivity index (χ3v) is 2.38. The molecule has 19 heavy (non-hydrogen) atoms. The SMILES string of the molecule is CC(C)CNCc1ccncc1OCCC(F)(F)F. The Balaban J connectivity index is 2.48. The Labute approximate surface area is 111 Å². The summed E-state index contributed by atoms with van der Waals surface area (Å²) in [6, 6.07) is 1.75. The van der Waals surface area contributed by atoms with Gasteiger partial charge in [-0.1, -0.05) is 13.8 Å². The molecular formula is C13H19F3N2O. The van der Waals surface area contributed by atoms with Crippen molar-refractivity contribution in [3.63, 3.8) is 0 Å². The molecule has 0 radical (unpaired) electrons. The van der Waals surface area contributed by atoms with Crippen molar-refractivity contribution in [2.45, 2.75) is 33.0 Å². The Morgan fingerprint density at radius 3 is 2.74 bits per heavy atom. The summed E-state index contributed by atoms with van der Waals surface area (Å²) in [6.45, 7) is 5.18. The summed E-state index contributed by atoms with van der Waals surface area (Å²) in [4.78, 5) is 3.87. The van der Waals surface area contributed by atoms with Gasteiger partial charge >= 0.3 is 6.18 Å². The first-order chi connectivity index (χ1) is 8.88. The number of ether oxygens (including phenoxy) is 1. The summed E-state index contributed by atoms with van der Waals surface area (Å²) in [5, 5.41) is 3.22. The second-order valence-corrected chi connectivity index (χ2v) is 4.72. The van der Waals surface area contributed by atoms with Gasteiger partial charge in [-0.05, 0) is 18.5 Å². The monoisotopic (exact) mass is 276 g/mol. The summed E-state index contributed by atoms with van der Waals surface area (Å²) in [7, 11) is 0. The molecule has 6 heteroatoms. The molecule has 0 aliphatic carbocycles. The van der Waals surface area contributed by atoms with Gasteiger partial charge in [-0.25, -0.2) is 0 Å². The van der Waals surface area contributed by atoms with E-state index in [1.807, 2.05) is 0 Å². The van der Waals surface area contributed by atoms with Crippen LogP contribution in [0.15, 0.2) is 18.5 Å². The normalized spacial score (nSPS) is 11.9. The Bertz CT molecular complexity index is 380. The highest BCUT2D eigenvalue weighted by atomic mass is 19.4. The van der Waals surface area contributed by atoms with Gasteiger partial charge < -0.3 is 10.1 Å². The Kier molecular flexibility index (Phi) is 6.08. The van der Waals surface area contributed by atoms with Crippen molar-refractivity contribution in [1.82, 2.24) is 10.3 Å². The van der Waals surface area contributed by atoms with Crippen molar-refractivity contribution in [2.75, 3.05) is 13.2 Å². The maximum Gasteiger partial charge on any atom is 0.392 e. The van der Waals surface area contributed by atoms with Crippen molar-refractivity contribution in [1.29, 1.82) is 0 Å². The topological polar surface area (TPSA) is 34.2 Å². The molecule has 0 saturated carbocycles. The molecule has 1 aromatic heterocycles. The predicted molar refractivity (Wildman–Crippen MR) is 66.9 cm³/mol. The lowest BCUT2D eigenvalue weighted by molar-refractivity contribution is -0.139. The molecule has 0 bridgehead atoms. The molecule has 0 fully saturated rings. The molecule has 0 aliphatic rings. The summed E-state index contributed by atoms with van der Waals surface area (Å²) in [6.07, 6.45) is -2.11. The number of aromatic nitrogens is 1. The fraction of sp³-hybridized carbons (Fsp3) is 0.615. The second-order valence-electron chi connectivity index (χ2n) is 4.72. The van der Waals surface area contributed by atoms with E-state index in [0.29, 0.717) is 18.2 Å². The zero-order valence-corrected chi connectivity index (χ0v) is 11.1. The summed E-state index contributed by atoms with van der Waals surface area (Å²) >= 11 is 0. The van der Waals surface area contributed by atoms with Crippen LogP contribution >= 0.6 is 0 Å². The van der Waals surface area contributed by atoms with Crippen LogP contribution in [0.5, 0.6) is 5.75 Å². The smallest absolute Gasteiger partial charge is 0.392 e. The molecule has 0 unspecified atom stereocenters. The van der Waals surface area contributed by atoms with E-state index in [0.717, 1.165) is 12.1 Å². The molecule has 1 N–H and O–H groups in total. The fourth-order valence-corrected chi connectivity index (χ4v) is 1.46. The Morgan fingerprint density at radius 2 is 2.11 bits per heavy atom. The van der Waals surface area contributed by atoms with Crippen LogP contribution in [0.1, 0.15) is 25.8 Å². The lowest BCUT2D eigenvalue weighted by Gasteiger charge is -2.13. The molecular weight excluding hydrogens is 257 g/mol. The minimum absolute atomic E-state index is 0.383. The molecule has 0 amide bonds. The van der Waals surface area contributed by atoms with Crippen LogP contribution < -0.4 is 10.1 Å². The third kappa shape index (κ3) is 7.00. The highest BCUT2D eigenvalue weighted by Gasteiger charge is 2.26. The van der Waals surface area contributed by atoms with Gasteiger partial charge in [-0.2, -0.15) is 13.2 Å². The van der Waals surface area contributed by atoms with Gasteiger partial charge in [0.05, 0.1) is 19.2 Å². The number of pyridine rings is 1. The molecule has 0 aromatic carbocycles. The number of rotatable bonds is 7. The van der Waals surface area contributed by atoms with E-state index >= 15 is 0 Å². The van der Waals surface area contributed by atoms with Crippen molar-refractivity contribution < 1.29 is 17.9 Å². The number of nitrogens with zero attached hydrogens (tertiary/aromatic N) is 1. The minimum atomic E-state index is -4.20. The summed E-state index contributed by atoms with van der Waals surface area (Å²) in [5.74, 6) is 0.916. The summed E-state index contributed by atoms with van der Waals surface area (Å²) in [5.41, 5.74) is 0.817. The number of nitrogens with one attached hydrogen (secondary N) is 1. The van der Waals surface area contributed by atoms with Crippen molar-refractivity contribution in [3.05, 3.63) is 24.0 Å². The van der Waals surface area contributed by atoms with Gasteiger partial charge in [0.15, 0.2) is 0 Å². The number of halogens is 3. The van der Waals surface area contributed by atoms with Gasteiger partial charge in [0.1, 0.15) is 5.75 Å². The van der Waals surface area contributed by atoms with Crippen LogP contribution in [0.2, 0.25) is 0 Å². The van der Waals surface area contributed by atoms with E-state index in [2.05, 4.69) is 24.1 Å². The van der Waals surface area contributed by atoms with Crippen molar-refractivity contribution >= 4 is 0 Å². The summed E-state index contributed by atoms with van der Waals surface area (Å²) < 4.78 is 41.3. The van der Waals surface area contributed by atoms with Gasteiger partial charge in [-0.15, -0.1) is 0 Å². The largest absolute Gasteiger partial charge is 0.491 e. The van der Waals surface area contributed by atoms with Crippen LogP contribution in [0.25, 0.3) is 0 Å². The predicted octanol–water partition coefficient (Wildman–Crippen LogP) is 3.16. The average Bonchev–Trinajstić information content (AvgIpc) is 2.29. The van der Waals surface area contributed by atoms with E-state index in [-0.39, 0.29) is 6.61 Å². The van der Waals surface area contributed by atoms with Crippen LogP contribution in [0, 0.1) is 5.92 Å². The lowest BCUT2D eigenvalue weighted by Crippen LogP contribution is -2.20. The maximum atomic E-state index is 12.0. The lowest BCUT2D eigenvalue weighted by atomic mass is 10.2. The quantitative estimate of drug-likeness (QED) is 0.830. The van der Waals surface area contributed by atoms with E-state index in [9.17, 15) is 13.2 Å². The zero-order chi connectivity index (χ0) is 14.3. The standard InChI is InChI=1S/C13H19F3N2O/c1-10(2)7-18-8-11-3-5-17-9-12(11)19-6-4-13(14,15)16/h3,5,9-10,18H,4,6-8H2,1-2H3. The van der Waals surface area contributed by atoms with Crippen LogP contribution in [-0.4, -0.2) is 24.3 Å². The van der Waals surface area contributed by atoms with Gasteiger partial charge in [0, 0.05) is 18.3 Å². The molecule has 3 nitrogen and oxygen atoms in total. The van der Waals surface area contributed by atoms with Crippen LogP contribution in [-0.2, 0) is 6.54 Å². The molecule has 0 spiro atoms. The van der Waals surface area contributed by atoms with Crippen LogP contribution in [0.3, 0.4) is 0 Å². The number of hydrogen-bond acceptors (Lipinski definition) is 3. The molecule has 1 aromatic rings. The fourth-order valence-electron chi connectivity index (χ4n) is 1.46. The first-order valence-electron chi connectivity index (χ1n) is 6.21. The van der Waals surface area contributed by atoms with Crippen molar-refractivity contribution in [2.24, 2.45) is 5.92 Å². The Morgan fingerprint density at radius 1 is 1.37 bits per heavy atom.